The molecule has 0 amide bonds. The minimum absolute atomic E-state index is 0.225. The molecule has 130 valence electrons. The fraction of sp³-hybridized carbons (Fsp3) is 0.167. The first-order chi connectivity index (χ1) is 12.0. The van der Waals surface area contributed by atoms with E-state index in [-0.39, 0.29) is 10.9 Å². The summed E-state index contributed by atoms with van der Waals surface area (Å²) in [7, 11) is 0. The van der Waals surface area contributed by atoms with E-state index in [4.69, 9.17) is 0 Å². The molecule has 0 bridgehead atoms. The first kappa shape index (κ1) is 19.1. The number of hydrogen-bond donors (Lipinski definition) is 0. The molecule has 0 aliphatic rings. The van der Waals surface area contributed by atoms with E-state index in [0.717, 1.165) is 18.3 Å². The van der Waals surface area contributed by atoms with Gasteiger partial charge >= 0.3 is 6.18 Å². The van der Waals surface area contributed by atoms with Crippen LogP contribution < -0.4 is 0 Å². The van der Waals surface area contributed by atoms with Crippen LogP contribution in [0.2, 0.25) is 0 Å². The number of rotatable bonds is 3. The molecule has 7 heteroatoms. The first-order valence-electron chi connectivity index (χ1n) is 7.38. The van der Waals surface area contributed by atoms with Crippen LogP contribution in [0.1, 0.15) is 22.5 Å². The normalized spacial score (nSPS) is 10.7. The molecule has 0 radical (unpaired) electrons. The van der Waals surface area contributed by atoms with Crippen molar-refractivity contribution in [3.8, 4) is 0 Å². The van der Waals surface area contributed by atoms with Crippen molar-refractivity contribution in [2.24, 2.45) is 0 Å². The molecule has 1 aromatic heterocycles. The summed E-state index contributed by atoms with van der Waals surface area (Å²) in [5.41, 5.74) is 0.905. The van der Waals surface area contributed by atoms with Gasteiger partial charge in [-0.15, -0.1) is 5.10 Å². The van der Waals surface area contributed by atoms with Gasteiger partial charge in [0.15, 0.2) is 5.82 Å². The predicted molar refractivity (Wildman–Crippen MR) is 93.2 cm³/mol. The van der Waals surface area contributed by atoms with E-state index < -0.39 is 11.7 Å². The van der Waals surface area contributed by atoms with Crippen LogP contribution in [0.25, 0.3) is 0 Å². The molecule has 2 aromatic carbocycles. The van der Waals surface area contributed by atoms with Gasteiger partial charge in [-0.2, -0.15) is 18.3 Å². The summed E-state index contributed by atoms with van der Waals surface area (Å²) < 4.78 is 36.6. The number of alkyl halides is 4. The topological polar surface area (TPSA) is 38.7 Å². The maximum atomic E-state index is 12.2. The van der Waals surface area contributed by atoms with Crippen molar-refractivity contribution in [2.45, 2.75) is 17.9 Å². The van der Waals surface area contributed by atoms with E-state index in [1.165, 1.54) is 17.7 Å². The third-order valence-corrected chi connectivity index (χ3v) is 3.81. The standard InChI is InChI=1S/C10H9N3.C8H6BrF3/c1-2-4-9(5-3-1)8-10-11-6-7-12-13-10;9-5-6-3-1-2-4-7(6)8(10,11)12/h1-7H,8H2;1-4H,5H2. The van der Waals surface area contributed by atoms with Gasteiger partial charge in [0.25, 0.3) is 0 Å². The number of benzene rings is 2. The van der Waals surface area contributed by atoms with Crippen molar-refractivity contribution in [1.29, 1.82) is 0 Å². The molecule has 0 N–H and O–H groups in total. The first-order valence-corrected chi connectivity index (χ1v) is 8.50. The van der Waals surface area contributed by atoms with Crippen molar-refractivity contribution < 1.29 is 13.2 Å². The summed E-state index contributed by atoms with van der Waals surface area (Å²) in [4.78, 5) is 4.10. The molecule has 3 aromatic rings. The molecule has 0 saturated heterocycles. The molecule has 0 unspecified atom stereocenters. The molecule has 25 heavy (non-hydrogen) atoms. The van der Waals surface area contributed by atoms with Crippen LogP contribution in [0.3, 0.4) is 0 Å². The van der Waals surface area contributed by atoms with Gasteiger partial charge in [-0.3, -0.25) is 0 Å². The second-order valence-electron chi connectivity index (χ2n) is 5.01. The minimum atomic E-state index is -4.25. The van der Waals surface area contributed by atoms with Gasteiger partial charge in [0.2, 0.25) is 0 Å². The van der Waals surface area contributed by atoms with E-state index in [2.05, 4.69) is 43.2 Å². The Kier molecular flexibility index (Phi) is 7.06. The maximum absolute atomic E-state index is 12.2. The summed E-state index contributed by atoms with van der Waals surface area (Å²) in [5, 5.41) is 7.91. The largest absolute Gasteiger partial charge is 0.416 e. The highest BCUT2D eigenvalue weighted by Gasteiger charge is 2.32. The van der Waals surface area contributed by atoms with Crippen LogP contribution in [0.4, 0.5) is 13.2 Å². The van der Waals surface area contributed by atoms with E-state index in [1.54, 1.807) is 18.5 Å². The van der Waals surface area contributed by atoms with Gasteiger partial charge in [-0.1, -0.05) is 64.5 Å². The van der Waals surface area contributed by atoms with E-state index in [9.17, 15) is 13.2 Å². The molecular weight excluding hydrogens is 395 g/mol. The minimum Gasteiger partial charge on any atom is -0.237 e. The molecule has 0 atom stereocenters. The summed E-state index contributed by atoms with van der Waals surface area (Å²) in [5.74, 6) is 0.758. The number of aromatic nitrogens is 3. The molecular formula is C18H15BrF3N3. The molecule has 1 heterocycles. The van der Waals surface area contributed by atoms with Crippen molar-refractivity contribution in [3.05, 3.63) is 89.5 Å². The third kappa shape index (κ3) is 6.26. The highest BCUT2D eigenvalue weighted by atomic mass is 79.9. The van der Waals surface area contributed by atoms with Crippen molar-refractivity contribution in [3.63, 3.8) is 0 Å². The summed E-state index contributed by atoms with van der Waals surface area (Å²) in [6.07, 6.45) is -0.265. The summed E-state index contributed by atoms with van der Waals surface area (Å²) in [6.45, 7) is 0. The van der Waals surface area contributed by atoms with E-state index >= 15 is 0 Å². The zero-order valence-corrected chi connectivity index (χ0v) is 14.7. The Hall–Kier alpha value is -2.28. The predicted octanol–water partition coefficient (Wildman–Crippen LogP) is 5.06. The number of halogens is 4. The maximum Gasteiger partial charge on any atom is 0.416 e. The van der Waals surface area contributed by atoms with Crippen molar-refractivity contribution >= 4 is 15.9 Å². The van der Waals surface area contributed by atoms with E-state index in [1.807, 2.05) is 18.2 Å². The average molecular weight is 410 g/mol. The SMILES string of the molecule is FC(F)(F)c1ccccc1CBr.c1ccc(Cc2nccnn2)cc1. The number of hydrogen-bond acceptors (Lipinski definition) is 3. The molecule has 3 nitrogen and oxygen atoms in total. The quantitative estimate of drug-likeness (QED) is 0.567. The molecule has 0 aliphatic carbocycles. The lowest BCUT2D eigenvalue weighted by Gasteiger charge is -2.09. The average Bonchev–Trinajstić information content (AvgIpc) is 2.63. The highest BCUT2D eigenvalue weighted by molar-refractivity contribution is 9.08. The van der Waals surface area contributed by atoms with Crippen molar-refractivity contribution in [1.82, 2.24) is 15.2 Å². The Morgan fingerprint density at radius 2 is 1.56 bits per heavy atom. The van der Waals surface area contributed by atoms with Gasteiger partial charge < -0.3 is 0 Å². The second-order valence-corrected chi connectivity index (χ2v) is 5.57. The van der Waals surface area contributed by atoms with Crippen LogP contribution in [-0.2, 0) is 17.9 Å². The van der Waals surface area contributed by atoms with Gasteiger partial charge in [0, 0.05) is 17.9 Å². The lowest BCUT2D eigenvalue weighted by Crippen LogP contribution is -2.07. The highest BCUT2D eigenvalue weighted by Crippen LogP contribution is 2.32. The van der Waals surface area contributed by atoms with Crippen molar-refractivity contribution in [2.75, 3.05) is 0 Å². The Bertz CT molecular complexity index is 728. The van der Waals surface area contributed by atoms with Gasteiger partial charge in [-0.25, -0.2) is 4.98 Å². The van der Waals surface area contributed by atoms with Crippen LogP contribution in [0.5, 0.6) is 0 Å². The van der Waals surface area contributed by atoms with Crippen LogP contribution >= 0.6 is 15.9 Å². The Morgan fingerprint density at radius 1 is 0.880 bits per heavy atom. The molecule has 3 rings (SSSR count). The number of nitrogens with zero attached hydrogens (tertiary/aromatic N) is 3. The summed E-state index contributed by atoms with van der Waals surface area (Å²) >= 11 is 3.00. The zero-order chi connectivity index (χ0) is 18.1. The van der Waals surface area contributed by atoms with Gasteiger partial charge in [0.1, 0.15) is 0 Å². The lowest BCUT2D eigenvalue weighted by molar-refractivity contribution is -0.138. The molecule has 0 saturated carbocycles. The second kappa shape index (κ2) is 9.27. The Morgan fingerprint density at radius 3 is 2.12 bits per heavy atom. The Labute approximate surface area is 152 Å². The van der Waals surface area contributed by atoms with Crippen LogP contribution in [0, 0.1) is 0 Å². The zero-order valence-electron chi connectivity index (χ0n) is 13.1. The third-order valence-electron chi connectivity index (χ3n) is 3.20. The molecule has 0 spiro atoms. The monoisotopic (exact) mass is 409 g/mol. The fourth-order valence-corrected chi connectivity index (χ4v) is 2.54. The molecule has 0 aliphatic heterocycles. The van der Waals surface area contributed by atoms with Gasteiger partial charge in [-0.05, 0) is 17.2 Å². The Balaban J connectivity index is 0.000000181. The van der Waals surface area contributed by atoms with Crippen LogP contribution in [-0.4, -0.2) is 15.2 Å². The lowest BCUT2D eigenvalue weighted by atomic mass is 10.1. The molecule has 0 fully saturated rings. The fourth-order valence-electron chi connectivity index (χ4n) is 2.05. The van der Waals surface area contributed by atoms with Crippen LogP contribution in [0.15, 0.2) is 67.0 Å². The van der Waals surface area contributed by atoms with Gasteiger partial charge in [0.05, 0.1) is 11.8 Å². The van der Waals surface area contributed by atoms with E-state index in [0.29, 0.717) is 0 Å². The smallest absolute Gasteiger partial charge is 0.237 e. The summed E-state index contributed by atoms with van der Waals surface area (Å²) in [6, 6.07) is 15.6.